The summed E-state index contributed by atoms with van der Waals surface area (Å²) in [5.41, 5.74) is -0.327. The molecule has 1 aromatic heterocycles. The number of aromatic nitrogens is 1. The fourth-order valence-electron chi connectivity index (χ4n) is 1.94. The lowest BCUT2D eigenvalue weighted by Crippen LogP contribution is -2.29. The Hall–Kier alpha value is -2.54. The molecule has 0 aliphatic rings. The van der Waals surface area contributed by atoms with Crippen molar-refractivity contribution in [3.63, 3.8) is 0 Å². The van der Waals surface area contributed by atoms with E-state index in [0.29, 0.717) is 0 Å². The smallest absolute Gasteiger partial charge is 0.256 e. The van der Waals surface area contributed by atoms with Crippen LogP contribution in [-0.4, -0.2) is 29.7 Å². The molecule has 0 bridgehead atoms. The lowest BCUT2D eigenvalue weighted by molar-refractivity contribution is 0.0907. The van der Waals surface area contributed by atoms with E-state index in [4.69, 9.17) is 4.74 Å². The van der Waals surface area contributed by atoms with Crippen LogP contribution in [0.15, 0.2) is 36.5 Å². The van der Waals surface area contributed by atoms with Crippen LogP contribution >= 0.6 is 0 Å². The zero-order chi connectivity index (χ0) is 16.1. The third-order valence-electron chi connectivity index (χ3n) is 3.00. The van der Waals surface area contributed by atoms with Crippen molar-refractivity contribution in [2.45, 2.75) is 6.10 Å². The number of hydrogen-bond donors (Lipinski definition) is 2. The number of pyridine rings is 1. The van der Waals surface area contributed by atoms with Gasteiger partial charge in [-0.3, -0.25) is 4.79 Å². The van der Waals surface area contributed by atoms with E-state index in [-0.39, 0.29) is 18.0 Å². The number of carbonyl (C=O) groups excluding carboxylic acids is 1. The van der Waals surface area contributed by atoms with Crippen molar-refractivity contribution in [2.24, 2.45) is 0 Å². The van der Waals surface area contributed by atoms with E-state index in [1.165, 1.54) is 25.4 Å². The molecule has 0 saturated heterocycles. The van der Waals surface area contributed by atoms with E-state index in [9.17, 15) is 18.7 Å². The third kappa shape index (κ3) is 3.37. The summed E-state index contributed by atoms with van der Waals surface area (Å²) in [6.07, 6.45) is -0.0491. The number of ether oxygens (including phenoxy) is 1. The molecule has 0 aliphatic carbocycles. The number of aliphatic hydroxyl groups excluding tert-OH is 1. The number of nitrogens with one attached hydrogen (secondary N) is 1. The summed E-state index contributed by atoms with van der Waals surface area (Å²) in [5.74, 6) is -2.20. The summed E-state index contributed by atoms with van der Waals surface area (Å²) in [6, 6.07) is 6.29. The van der Waals surface area contributed by atoms with Crippen LogP contribution in [0.25, 0.3) is 0 Å². The normalized spacial score (nSPS) is 11.8. The Balaban J connectivity index is 2.08. The van der Waals surface area contributed by atoms with Gasteiger partial charge in [-0.05, 0) is 24.3 Å². The van der Waals surface area contributed by atoms with Gasteiger partial charge in [0.2, 0.25) is 5.88 Å². The summed E-state index contributed by atoms with van der Waals surface area (Å²) >= 11 is 0. The van der Waals surface area contributed by atoms with E-state index in [1.54, 1.807) is 6.07 Å². The van der Waals surface area contributed by atoms with Gasteiger partial charge in [0, 0.05) is 12.7 Å². The van der Waals surface area contributed by atoms with Gasteiger partial charge < -0.3 is 15.2 Å². The van der Waals surface area contributed by atoms with Gasteiger partial charge in [-0.25, -0.2) is 13.8 Å². The highest BCUT2D eigenvalue weighted by molar-refractivity contribution is 5.96. The van der Waals surface area contributed by atoms with Crippen molar-refractivity contribution in [1.29, 1.82) is 0 Å². The molecule has 1 atom stereocenters. The zero-order valence-corrected chi connectivity index (χ0v) is 11.7. The molecule has 1 aromatic carbocycles. The largest absolute Gasteiger partial charge is 0.480 e. The number of halogens is 2. The van der Waals surface area contributed by atoms with E-state index in [0.717, 1.165) is 12.1 Å². The van der Waals surface area contributed by atoms with Crippen molar-refractivity contribution in [2.75, 3.05) is 13.7 Å². The minimum atomic E-state index is -1.51. The number of methoxy groups -OCH3 is 1. The topological polar surface area (TPSA) is 71.5 Å². The number of rotatable bonds is 5. The van der Waals surface area contributed by atoms with Crippen LogP contribution in [0.5, 0.6) is 5.88 Å². The average molecular weight is 308 g/mol. The lowest BCUT2D eigenvalue weighted by atomic mass is 10.1. The van der Waals surface area contributed by atoms with Crippen LogP contribution in [-0.2, 0) is 0 Å². The van der Waals surface area contributed by atoms with Crippen molar-refractivity contribution < 1.29 is 23.4 Å². The second-order valence-corrected chi connectivity index (χ2v) is 4.42. The molecule has 7 heteroatoms. The van der Waals surface area contributed by atoms with Gasteiger partial charge in [0.15, 0.2) is 0 Å². The average Bonchev–Trinajstić information content (AvgIpc) is 2.52. The first-order valence-corrected chi connectivity index (χ1v) is 6.43. The number of aliphatic hydroxyl groups is 1. The van der Waals surface area contributed by atoms with Gasteiger partial charge in [0.25, 0.3) is 5.91 Å². The molecule has 0 aliphatic heterocycles. The molecule has 1 unspecified atom stereocenters. The van der Waals surface area contributed by atoms with Crippen molar-refractivity contribution in [3.05, 3.63) is 59.3 Å². The molecule has 0 saturated carbocycles. The number of nitrogens with zero attached hydrogens (tertiary/aromatic N) is 1. The zero-order valence-electron chi connectivity index (χ0n) is 11.7. The number of carbonyl (C=O) groups is 1. The van der Waals surface area contributed by atoms with E-state index in [2.05, 4.69) is 10.3 Å². The number of amides is 1. The number of hydrogen-bond acceptors (Lipinski definition) is 4. The highest BCUT2D eigenvalue weighted by atomic mass is 19.1. The van der Waals surface area contributed by atoms with Crippen LogP contribution in [0, 0.1) is 11.6 Å². The first kappa shape index (κ1) is 15.8. The molecule has 0 spiro atoms. The first-order valence-electron chi connectivity index (χ1n) is 6.43. The molecule has 0 fully saturated rings. The fourth-order valence-corrected chi connectivity index (χ4v) is 1.94. The SMILES string of the molecule is COc1ncccc1C(=O)NCC(O)c1c(F)cccc1F. The lowest BCUT2D eigenvalue weighted by Gasteiger charge is -2.14. The van der Waals surface area contributed by atoms with Crippen LogP contribution in [0.2, 0.25) is 0 Å². The highest BCUT2D eigenvalue weighted by Crippen LogP contribution is 2.20. The molecule has 1 amide bonds. The molecular weight excluding hydrogens is 294 g/mol. The maximum atomic E-state index is 13.5. The minimum Gasteiger partial charge on any atom is -0.480 e. The van der Waals surface area contributed by atoms with E-state index < -0.39 is 29.2 Å². The molecule has 5 nitrogen and oxygen atoms in total. The minimum absolute atomic E-state index is 0.117. The summed E-state index contributed by atoms with van der Waals surface area (Å²) in [4.78, 5) is 15.9. The standard InChI is InChI=1S/C15H14F2N2O3/c1-22-15-9(4-3-7-18-15)14(21)19-8-12(20)13-10(16)5-2-6-11(13)17/h2-7,12,20H,8H2,1H3,(H,19,21). The van der Waals surface area contributed by atoms with Gasteiger partial charge in [-0.15, -0.1) is 0 Å². The Morgan fingerprint density at radius 3 is 2.64 bits per heavy atom. The molecule has 2 aromatic rings. The molecule has 2 rings (SSSR count). The molecule has 22 heavy (non-hydrogen) atoms. The number of benzene rings is 1. The van der Waals surface area contributed by atoms with Gasteiger partial charge in [-0.2, -0.15) is 0 Å². The maximum absolute atomic E-state index is 13.5. The van der Waals surface area contributed by atoms with Gasteiger partial charge in [0.1, 0.15) is 23.3 Å². The molecule has 2 N–H and O–H groups in total. The first-order chi connectivity index (χ1) is 10.5. The van der Waals surface area contributed by atoms with Gasteiger partial charge >= 0.3 is 0 Å². The molecule has 116 valence electrons. The summed E-state index contributed by atoms with van der Waals surface area (Å²) < 4.78 is 32.0. The predicted molar refractivity (Wildman–Crippen MR) is 74.4 cm³/mol. The van der Waals surface area contributed by atoms with E-state index >= 15 is 0 Å². The second-order valence-electron chi connectivity index (χ2n) is 4.42. The molecular formula is C15H14F2N2O3. The summed E-state index contributed by atoms with van der Waals surface area (Å²) in [6.45, 7) is -0.352. The van der Waals surface area contributed by atoms with Crippen LogP contribution < -0.4 is 10.1 Å². The highest BCUT2D eigenvalue weighted by Gasteiger charge is 2.20. The molecule has 0 radical (unpaired) electrons. The summed E-state index contributed by atoms with van der Waals surface area (Å²) in [5, 5.41) is 12.2. The van der Waals surface area contributed by atoms with Crippen molar-refractivity contribution >= 4 is 5.91 Å². The Bertz CT molecular complexity index is 659. The monoisotopic (exact) mass is 308 g/mol. The maximum Gasteiger partial charge on any atom is 0.256 e. The Labute approximate surface area is 125 Å². The van der Waals surface area contributed by atoms with Crippen molar-refractivity contribution in [3.8, 4) is 5.88 Å². The van der Waals surface area contributed by atoms with Crippen molar-refractivity contribution in [1.82, 2.24) is 10.3 Å². The predicted octanol–water partition coefficient (Wildman–Crippen LogP) is 1.83. The Morgan fingerprint density at radius 2 is 2.00 bits per heavy atom. The van der Waals surface area contributed by atoms with E-state index in [1.807, 2.05) is 0 Å². The van der Waals surface area contributed by atoms with Gasteiger partial charge in [-0.1, -0.05) is 6.07 Å². The second kappa shape index (κ2) is 6.95. The molecule has 1 heterocycles. The fraction of sp³-hybridized carbons (Fsp3) is 0.200. The Kier molecular flexibility index (Phi) is 5.00. The quantitative estimate of drug-likeness (QED) is 0.884. The van der Waals surface area contributed by atoms with Crippen LogP contribution in [0.3, 0.4) is 0 Å². The Morgan fingerprint density at radius 1 is 1.32 bits per heavy atom. The van der Waals surface area contributed by atoms with Crippen LogP contribution in [0.4, 0.5) is 8.78 Å². The van der Waals surface area contributed by atoms with Crippen LogP contribution in [0.1, 0.15) is 22.0 Å². The third-order valence-corrected chi connectivity index (χ3v) is 3.00. The van der Waals surface area contributed by atoms with Gasteiger partial charge in [0.05, 0.1) is 12.7 Å². The summed E-state index contributed by atoms with van der Waals surface area (Å²) in [7, 11) is 1.36.